The Kier molecular flexibility index (Phi) is 4.90. The van der Waals surface area contributed by atoms with Gasteiger partial charge in [-0.2, -0.15) is 0 Å². The van der Waals surface area contributed by atoms with Crippen LogP contribution in [0.25, 0.3) is 22.6 Å². The number of carboxylic acid groups (broad SMARTS) is 1. The summed E-state index contributed by atoms with van der Waals surface area (Å²) in [5.74, 6) is 0.573. The molecule has 1 atom stereocenters. The predicted molar refractivity (Wildman–Crippen MR) is 124 cm³/mol. The zero-order chi connectivity index (χ0) is 22.2. The molecule has 0 amide bonds. The lowest BCUT2D eigenvalue weighted by atomic mass is 9.74. The van der Waals surface area contributed by atoms with Crippen molar-refractivity contribution in [1.82, 2.24) is 14.5 Å². The number of carbonyl (C=O) groups excluding carboxylic acids is 1. The fourth-order valence-electron chi connectivity index (χ4n) is 4.56. The van der Waals surface area contributed by atoms with Gasteiger partial charge in [-0.15, -0.1) is 0 Å². The number of fused-ring (bicyclic) bond motifs is 6. The van der Waals surface area contributed by atoms with Crippen LogP contribution in [0.1, 0.15) is 52.7 Å². The minimum atomic E-state index is -1.02. The normalized spacial score (nSPS) is 18.0. The van der Waals surface area contributed by atoms with Crippen molar-refractivity contribution >= 4 is 34.4 Å². The Bertz CT molecular complexity index is 1360. The van der Waals surface area contributed by atoms with Crippen LogP contribution in [0.5, 0.6) is 0 Å². The van der Waals surface area contributed by atoms with Crippen LogP contribution >= 0.6 is 0 Å². The second kappa shape index (κ2) is 7.89. The van der Waals surface area contributed by atoms with Crippen LogP contribution < -0.4 is 0 Å². The van der Waals surface area contributed by atoms with E-state index < -0.39 is 6.09 Å². The zero-order valence-electron chi connectivity index (χ0n) is 17.5. The zero-order valence-corrected chi connectivity index (χ0v) is 17.5. The van der Waals surface area contributed by atoms with Gasteiger partial charge in [0.25, 0.3) is 0 Å². The van der Waals surface area contributed by atoms with Crippen LogP contribution in [0.2, 0.25) is 0 Å². The SMILES string of the molecule is CC1C=C2CC=CC=C2c2ccc3c(c21)C(=O)CC=C3.O=C(O)n1cc2cncnc2c1. The summed E-state index contributed by atoms with van der Waals surface area (Å²) in [5.41, 5.74) is 7.83. The highest BCUT2D eigenvalue weighted by atomic mass is 16.4. The first-order valence-corrected chi connectivity index (χ1v) is 10.5. The Hall–Kier alpha value is -4.06. The summed E-state index contributed by atoms with van der Waals surface area (Å²) < 4.78 is 1.05. The molecule has 6 nitrogen and oxygen atoms in total. The first-order chi connectivity index (χ1) is 15.5. The summed E-state index contributed by atoms with van der Waals surface area (Å²) in [6, 6.07) is 4.28. The van der Waals surface area contributed by atoms with Gasteiger partial charge in [-0.1, -0.05) is 55.5 Å². The third-order valence-corrected chi connectivity index (χ3v) is 5.97. The van der Waals surface area contributed by atoms with Gasteiger partial charge >= 0.3 is 6.09 Å². The van der Waals surface area contributed by atoms with Crippen LogP contribution in [0, 0.1) is 0 Å². The number of hydrogen-bond donors (Lipinski definition) is 1. The lowest BCUT2D eigenvalue weighted by Gasteiger charge is -2.29. The van der Waals surface area contributed by atoms with Crippen molar-refractivity contribution in [2.45, 2.75) is 25.7 Å². The van der Waals surface area contributed by atoms with Gasteiger partial charge in [-0.25, -0.2) is 14.8 Å². The Balaban J connectivity index is 0.000000154. The van der Waals surface area contributed by atoms with Crippen molar-refractivity contribution in [3.63, 3.8) is 0 Å². The summed E-state index contributed by atoms with van der Waals surface area (Å²) in [5, 5.41) is 9.32. The maximum atomic E-state index is 12.4. The predicted octanol–water partition coefficient (Wildman–Crippen LogP) is 5.63. The van der Waals surface area contributed by atoms with E-state index in [-0.39, 0.29) is 5.78 Å². The molecule has 6 rings (SSSR count). The summed E-state index contributed by atoms with van der Waals surface area (Å²) in [7, 11) is 0. The van der Waals surface area contributed by atoms with Gasteiger partial charge in [0.05, 0.1) is 5.52 Å². The van der Waals surface area contributed by atoms with E-state index in [9.17, 15) is 9.59 Å². The number of allylic oxidation sites excluding steroid dienone is 7. The molecular weight excluding hydrogens is 402 g/mol. The van der Waals surface area contributed by atoms with Gasteiger partial charge in [0, 0.05) is 41.9 Å². The molecule has 3 aromatic rings. The second-order valence-corrected chi connectivity index (χ2v) is 8.03. The first kappa shape index (κ1) is 19.9. The van der Waals surface area contributed by atoms with Crippen molar-refractivity contribution in [3.8, 4) is 0 Å². The van der Waals surface area contributed by atoms with E-state index >= 15 is 0 Å². The minimum absolute atomic E-state index is 0.259. The van der Waals surface area contributed by atoms with Gasteiger partial charge in [-0.05, 0) is 34.3 Å². The van der Waals surface area contributed by atoms with Crippen molar-refractivity contribution in [2.24, 2.45) is 0 Å². The number of ketones is 1. The highest BCUT2D eigenvalue weighted by Crippen LogP contribution is 2.43. The van der Waals surface area contributed by atoms with E-state index in [4.69, 9.17) is 5.11 Å². The van der Waals surface area contributed by atoms with Crippen LogP contribution in [0.3, 0.4) is 0 Å². The highest BCUT2D eigenvalue weighted by Gasteiger charge is 2.28. The molecule has 0 saturated heterocycles. The van der Waals surface area contributed by atoms with E-state index in [1.54, 1.807) is 6.20 Å². The smallest absolute Gasteiger partial charge is 0.415 e. The maximum Gasteiger partial charge on any atom is 0.415 e. The molecule has 2 aromatic heterocycles. The number of carbonyl (C=O) groups is 2. The highest BCUT2D eigenvalue weighted by molar-refractivity contribution is 6.06. The Morgan fingerprint density at radius 3 is 2.88 bits per heavy atom. The largest absolute Gasteiger partial charge is 0.464 e. The van der Waals surface area contributed by atoms with Crippen molar-refractivity contribution < 1.29 is 14.7 Å². The third-order valence-electron chi connectivity index (χ3n) is 5.97. The number of nitrogens with zero attached hydrogens (tertiary/aromatic N) is 3. The van der Waals surface area contributed by atoms with Crippen LogP contribution in [-0.2, 0) is 0 Å². The molecule has 1 unspecified atom stereocenters. The van der Waals surface area contributed by atoms with E-state index in [0.717, 1.165) is 27.5 Å². The summed E-state index contributed by atoms with van der Waals surface area (Å²) in [4.78, 5) is 30.5. The summed E-state index contributed by atoms with van der Waals surface area (Å²) >= 11 is 0. The molecule has 0 saturated carbocycles. The lowest BCUT2D eigenvalue weighted by Crippen LogP contribution is -2.16. The van der Waals surface area contributed by atoms with E-state index in [1.165, 1.54) is 41.0 Å². The Morgan fingerprint density at radius 1 is 1.19 bits per heavy atom. The van der Waals surface area contributed by atoms with Crippen LogP contribution in [-0.4, -0.2) is 31.5 Å². The van der Waals surface area contributed by atoms with Crippen LogP contribution in [0.4, 0.5) is 4.79 Å². The van der Waals surface area contributed by atoms with Gasteiger partial charge < -0.3 is 5.11 Å². The molecule has 0 fully saturated rings. The number of benzene rings is 1. The number of hydrogen-bond acceptors (Lipinski definition) is 4. The third kappa shape index (κ3) is 3.39. The fraction of sp³-hybridized carbons (Fsp3) is 0.154. The number of aromatic nitrogens is 3. The van der Waals surface area contributed by atoms with Gasteiger partial charge in [0.2, 0.25) is 0 Å². The fourth-order valence-corrected chi connectivity index (χ4v) is 4.56. The first-order valence-electron chi connectivity index (χ1n) is 10.5. The van der Waals surface area contributed by atoms with E-state index in [2.05, 4.69) is 59.4 Å². The van der Waals surface area contributed by atoms with Crippen molar-refractivity contribution in [1.29, 1.82) is 0 Å². The Morgan fingerprint density at radius 2 is 2.06 bits per heavy atom. The molecule has 0 aliphatic heterocycles. The number of Topliss-reactive ketones (excluding diaryl/α,β-unsaturated/α-hetero) is 1. The van der Waals surface area contributed by atoms with Gasteiger partial charge in [0.1, 0.15) is 6.33 Å². The molecule has 2 heterocycles. The molecule has 1 aromatic carbocycles. The molecule has 32 heavy (non-hydrogen) atoms. The average molecular weight is 423 g/mol. The average Bonchev–Trinajstić information content (AvgIpc) is 3.24. The molecule has 0 spiro atoms. The molecule has 158 valence electrons. The quantitative estimate of drug-likeness (QED) is 0.506. The molecule has 1 N–H and O–H groups in total. The van der Waals surface area contributed by atoms with Crippen LogP contribution in [0.15, 0.2) is 73.0 Å². The molecule has 6 heteroatoms. The Labute approximate surface area is 184 Å². The topological polar surface area (TPSA) is 85.1 Å². The van der Waals surface area contributed by atoms with Gasteiger partial charge in [-0.3, -0.25) is 9.36 Å². The maximum absolute atomic E-state index is 12.4. The minimum Gasteiger partial charge on any atom is -0.464 e. The summed E-state index contributed by atoms with van der Waals surface area (Å²) in [6.45, 7) is 2.20. The van der Waals surface area contributed by atoms with E-state index in [1.807, 2.05) is 6.08 Å². The standard InChI is InChI=1S/C19H16O.C7H5N3O2/c1-12-11-14-5-2-3-7-15(14)16-10-9-13-6-4-8-17(20)19(13)18(12)16;11-7(12)10-2-5-1-8-4-9-6(5)3-10/h2-4,6-7,9-12H,5,8H2,1H3;1-4H,(H,11,12). The van der Waals surface area contributed by atoms with Crippen molar-refractivity contribution in [2.75, 3.05) is 0 Å². The lowest BCUT2D eigenvalue weighted by molar-refractivity contribution is 0.0993. The number of rotatable bonds is 0. The molecule has 0 bridgehead atoms. The second-order valence-electron chi connectivity index (χ2n) is 8.03. The summed E-state index contributed by atoms with van der Waals surface area (Å²) in [6.07, 6.45) is 19.2. The molecule has 3 aliphatic rings. The van der Waals surface area contributed by atoms with Gasteiger partial charge in [0.15, 0.2) is 5.78 Å². The molecule has 0 radical (unpaired) electrons. The monoisotopic (exact) mass is 423 g/mol. The molecule has 3 aliphatic carbocycles. The van der Waals surface area contributed by atoms with Crippen molar-refractivity contribution in [3.05, 3.63) is 95.3 Å². The van der Waals surface area contributed by atoms with E-state index in [0.29, 0.717) is 17.9 Å². The molecular formula is C26H21N3O3.